The number of rotatable bonds is 3. The Morgan fingerprint density at radius 2 is 1.75 bits per heavy atom. The molecule has 0 radical (unpaired) electrons. The van der Waals surface area contributed by atoms with Gasteiger partial charge in [-0.3, -0.25) is 4.79 Å². The van der Waals surface area contributed by atoms with Gasteiger partial charge in [0.25, 0.3) is 15.9 Å². The molecule has 2 heterocycles. The van der Waals surface area contributed by atoms with Crippen LogP contribution in [0.15, 0.2) is 40.6 Å². The van der Waals surface area contributed by atoms with Crippen LogP contribution in [-0.4, -0.2) is 49.7 Å². The lowest BCUT2D eigenvalue weighted by atomic mass is 10.2. The molecule has 1 fully saturated rings. The van der Waals surface area contributed by atoms with E-state index in [1.165, 1.54) is 15.6 Å². The Labute approximate surface area is 150 Å². The van der Waals surface area contributed by atoms with Crippen LogP contribution in [0.2, 0.25) is 5.02 Å². The molecule has 128 valence electrons. The monoisotopic (exact) mass is 384 g/mol. The molecule has 0 N–H and O–H groups in total. The highest BCUT2D eigenvalue weighted by Crippen LogP contribution is 2.25. The summed E-state index contributed by atoms with van der Waals surface area (Å²) in [6.45, 7) is 3.16. The second-order valence-corrected chi connectivity index (χ2v) is 9.40. The third kappa shape index (κ3) is 3.35. The number of hydrogen-bond acceptors (Lipinski definition) is 4. The first kappa shape index (κ1) is 17.4. The van der Waals surface area contributed by atoms with Gasteiger partial charge in [-0.15, -0.1) is 11.3 Å². The summed E-state index contributed by atoms with van der Waals surface area (Å²) in [6.07, 6.45) is 0. The molecule has 2 aromatic rings. The van der Waals surface area contributed by atoms with Gasteiger partial charge < -0.3 is 4.90 Å². The van der Waals surface area contributed by atoms with Crippen molar-refractivity contribution >= 4 is 38.9 Å². The summed E-state index contributed by atoms with van der Waals surface area (Å²) < 4.78 is 27.0. The highest BCUT2D eigenvalue weighted by Gasteiger charge is 2.31. The van der Waals surface area contributed by atoms with Crippen LogP contribution in [0.3, 0.4) is 0 Å². The number of benzene rings is 1. The molecule has 0 saturated carbocycles. The van der Waals surface area contributed by atoms with Crippen molar-refractivity contribution in [2.75, 3.05) is 26.2 Å². The second kappa shape index (κ2) is 6.84. The average molecular weight is 385 g/mol. The number of hydrogen-bond donors (Lipinski definition) is 0. The zero-order chi connectivity index (χ0) is 17.3. The predicted octanol–water partition coefficient (Wildman–Crippen LogP) is 2.86. The molecular formula is C16H17ClN2O3S2. The molecule has 1 aliphatic heterocycles. The van der Waals surface area contributed by atoms with E-state index in [2.05, 4.69) is 0 Å². The molecule has 0 unspecified atom stereocenters. The van der Waals surface area contributed by atoms with E-state index in [0.29, 0.717) is 27.9 Å². The molecular weight excluding hydrogens is 368 g/mol. The van der Waals surface area contributed by atoms with Gasteiger partial charge in [0.05, 0.1) is 10.6 Å². The van der Waals surface area contributed by atoms with E-state index in [1.54, 1.807) is 41.3 Å². The maximum atomic E-state index is 12.6. The number of piperazine rings is 1. The Bertz CT molecular complexity index is 856. The SMILES string of the molecule is Cc1ccc(S(=O)(=O)N2CCN(C(=O)c3ccccc3Cl)CC2)s1. The van der Waals surface area contributed by atoms with Crippen LogP contribution in [0, 0.1) is 6.92 Å². The topological polar surface area (TPSA) is 57.7 Å². The number of sulfonamides is 1. The van der Waals surface area contributed by atoms with Crippen molar-refractivity contribution in [1.29, 1.82) is 0 Å². The van der Waals surface area contributed by atoms with E-state index >= 15 is 0 Å². The summed E-state index contributed by atoms with van der Waals surface area (Å²) in [7, 11) is -3.48. The van der Waals surface area contributed by atoms with Crippen LogP contribution >= 0.6 is 22.9 Å². The number of carbonyl (C=O) groups is 1. The Morgan fingerprint density at radius 3 is 2.33 bits per heavy atom. The van der Waals surface area contributed by atoms with Crippen molar-refractivity contribution < 1.29 is 13.2 Å². The van der Waals surface area contributed by atoms with Gasteiger partial charge in [0, 0.05) is 31.1 Å². The number of amides is 1. The molecule has 24 heavy (non-hydrogen) atoms. The van der Waals surface area contributed by atoms with Crippen LogP contribution in [0.25, 0.3) is 0 Å². The van der Waals surface area contributed by atoms with Gasteiger partial charge in [-0.1, -0.05) is 23.7 Å². The first-order valence-electron chi connectivity index (χ1n) is 7.50. The van der Waals surface area contributed by atoms with Crippen LogP contribution in [0.1, 0.15) is 15.2 Å². The first-order valence-corrected chi connectivity index (χ1v) is 10.1. The zero-order valence-corrected chi connectivity index (χ0v) is 15.5. The van der Waals surface area contributed by atoms with Crippen LogP contribution in [0.4, 0.5) is 0 Å². The van der Waals surface area contributed by atoms with Gasteiger partial charge in [0.2, 0.25) is 0 Å². The highest BCUT2D eigenvalue weighted by molar-refractivity contribution is 7.91. The average Bonchev–Trinajstić information content (AvgIpc) is 3.02. The Hall–Kier alpha value is -1.41. The van der Waals surface area contributed by atoms with Crippen LogP contribution in [-0.2, 0) is 10.0 Å². The minimum Gasteiger partial charge on any atom is -0.336 e. The van der Waals surface area contributed by atoms with E-state index in [9.17, 15) is 13.2 Å². The second-order valence-electron chi connectivity index (χ2n) is 5.54. The molecule has 1 aromatic heterocycles. The van der Waals surface area contributed by atoms with E-state index in [1.807, 2.05) is 6.92 Å². The van der Waals surface area contributed by atoms with Crippen LogP contribution in [0.5, 0.6) is 0 Å². The molecule has 1 aromatic carbocycles. The molecule has 0 aliphatic carbocycles. The van der Waals surface area contributed by atoms with Gasteiger partial charge in [0.15, 0.2) is 0 Å². The summed E-state index contributed by atoms with van der Waals surface area (Å²) in [6, 6.07) is 10.3. The normalized spacial score (nSPS) is 16.3. The van der Waals surface area contributed by atoms with Crippen molar-refractivity contribution in [3.05, 3.63) is 51.9 Å². The Kier molecular flexibility index (Phi) is 4.96. The largest absolute Gasteiger partial charge is 0.336 e. The fourth-order valence-corrected chi connectivity index (χ4v) is 5.69. The van der Waals surface area contributed by atoms with Crippen molar-refractivity contribution in [1.82, 2.24) is 9.21 Å². The summed E-state index contributed by atoms with van der Waals surface area (Å²) in [5.41, 5.74) is 0.448. The zero-order valence-electron chi connectivity index (χ0n) is 13.1. The molecule has 1 saturated heterocycles. The van der Waals surface area contributed by atoms with E-state index in [0.717, 1.165) is 4.88 Å². The van der Waals surface area contributed by atoms with Gasteiger partial charge in [0.1, 0.15) is 4.21 Å². The minimum absolute atomic E-state index is 0.162. The lowest BCUT2D eigenvalue weighted by Gasteiger charge is -2.33. The smallest absolute Gasteiger partial charge is 0.255 e. The lowest BCUT2D eigenvalue weighted by Crippen LogP contribution is -2.50. The van der Waals surface area contributed by atoms with Gasteiger partial charge in [-0.2, -0.15) is 4.31 Å². The summed E-state index contributed by atoms with van der Waals surface area (Å²) >= 11 is 7.34. The van der Waals surface area contributed by atoms with Gasteiger partial charge in [-0.05, 0) is 31.2 Å². The molecule has 3 rings (SSSR count). The third-order valence-electron chi connectivity index (χ3n) is 3.94. The summed E-state index contributed by atoms with van der Waals surface area (Å²) in [5, 5.41) is 0.409. The molecule has 5 nitrogen and oxygen atoms in total. The van der Waals surface area contributed by atoms with Gasteiger partial charge >= 0.3 is 0 Å². The van der Waals surface area contributed by atoms with Crippen molar-refractivity contribution in [3.8, 4) is 0 Å². The number of carbonyl (C=O) groups excluding carboxylic acids is 1. The Balaban J connectivity index is 1.70. The number of halogens is 1. The number of aryl methyl sites for hydroxylation is 1. The molecule has 1 aliphatic rings. The predicted molar refractivity (Wildman–Crippen MR) is 95.2 cm³/mol. The molecule has 0 spiro atoms. The maximum Gasteiger partial charge on any atom is 0.255 e. The maximum absolute atomic E-state index is 12.6. The minimum atomic E-state index is -3.48. The van der Waals surface area contributed by atoms with Gasteiger partial charge in [-0.25, -0.2) is 8.42 Å². The van der Waals surface area contributed by atoms with Crippen molar-refractivity contribution in [2.45, 2.75) is 11.1 Å². The molecule has 8 heteroatoms. The molecule has 0 bridgehead atoms. The van der Waals surface area contributed by atoms with E-state index in [-0.39, 0.29) is 19.0 Å². The summed E-state index contributed by atoms with van der Waals surface area (Å²) in [5.74, 6) is -0.162. The van der Waals surface area contributed by atoms with E-state index in [4.69, 9.17) is 11.6 Å². The standard InChI is InChI=1S/C16H17ClN2O3S2/c1-12-6-7-15(23-12)24(21,22)19-10-8-18(9-11-19)16(20)13-4-2-3-5-14(13)17/h2-7H,8-11H2,1H3. The quantitative estimate of drug-likeness (QED) is 0.817. The molecule has 0 atom stereocenters. The lowest BCUT2D eigenvalue weighted by molar-refractivity contribution is 0.0698. The van der Waals surface area contributed by atoms with Crippen molar-refractivity contribution in [2.24, 2.45) is 0 Å². The van der Waals surface area contributed by atoms with Crippen molar-refractivity contribution in [3.63, 3.8) is 0 Å². The number of thiophene rings is 1. The Morgan fingerprint density at radius 1 is 1.08 bits per heavy atom. The first-order chi connectivity index (χ1) is 11.4. The molecule has 1 amide bonds. The fraction of sp³-hybridized carbons (Fsp3) is 0.312. The third-order valence-corrected chi connectivity index (χ3v) is 7.64. The summed E-state index contributed by atoms with van der Waals surface area (Å²) in [4.78, 5) is 15.1. The van der Waals surface area contributed by atoms with Crippen LogP contribution < -0.4 is 0 Å². The highest BCUT2D eigenvalue weighted by atomic mass is 35.5. The number of nitrogens with zero attached hydrogens (tertiary/aromatic N) is 2. The van der Waals surface area contributed by atoms with E-state index < -0.39 is 10.0 Å². The fourth-order valence-electron chi connectivity index (χ4n) is 2.61.